The molecule has 1 amide bonds. The average Bonchev–Trinajstić information content (AvgIpc) is 2.75. The van der Waals surface area contributed by atoms with Gasteiger partial charge in [0.25, 0.3) is 0 Å². The Morgan fingerprint density at radius 3 is 3.12 bits per heavy atom. The van der Waals surface area contributed by atoms with Crippen LogP contribution in [0, 0.1) is 0 Å². The van der Waals surface area contributed by atoms with Crippen LogP contribution in [0.25, 0.3) is 0 Å². The zero-order valence-corrected chi connectivity index (χ0v) is 10.1. The van der Waals surface area contributed by atoms with Gasteiger partial charge in [0.1, 0.15) is 6.04 Å². The minimum Gasteiger partial charge on any atom is -0.481 e. The smallest absolute Gasteiger partial charge is 0.305 e. The molecule has 1 aliphatic rings. The highest BCUT2D eigenvalue weighted by Gasteiger charge is 2.31. The Morgan fingerprint density at radius 1 is 1.65 bits per heavy atom. The molecular weight excluding hydrogens is 240 g/mol. The van der Waals surface area contributed by atoms with Crippen molar-refractivity contribution >= 4 is 23.2 Å². The van der Waals surface area contributed by atoms with Crippen molar-refractivity contribution in [2.24, 2.45) is 0 Å². The molecule has 17 heavy (non-hydrogen) atoms. The third kappa shape index (κ3) is 3.04. The van der Waals surface area contributed by atoms with Crippen molar-refractivity contribution in [3.63, 3.8) is 0 Å². The first-order valence-electron chi connectivity index (χ1n) is 5.41. The number of rotatable bonds is 4. The molecule has 2 heterocycles. The van der Waals surface area contributed by atoms with Crippen LogP contribution >= 0.6 is 11.3 Å². The molecule has 1 aromatic heterocycles. The van der Waals surface area contributed by atoms with Crippen LogP contribution in [-0.2, 0) is 16.1 Å². The van der Waals surface area contributed by atoms with Crippen LogP contribution in [0.15, 0.2) is 16.8 Å². The normalized spacial score (nSPS) is 21.2. The summed E-state index contributed by atoms with van der Waals surface area (Å²) in [7, 11) is 0. The van der Waals surface area contributed by atoms with Crippen molar-refractivity contribution in [3.8, 4) is 0 Å². The lowest BCUT2D eigenvalue weighted by molar-refractivity contribution is -0.143. The summed E-state index contributed by atoms with van der Waals surface area (Å²) in [4.78, 5) is 24.3. The molecule has 0 aromatic carbocycles. The molecule has 1 aliphatic heterocycles. The van der Waals surface area contributed by atoms with E-state index < -0.39 is 12.0 Å². The summed E-state index contributed by atoms with van der Waals surface area (Å²) in [6.07, 6.45) is -0.143. The summed E-state index contributed by atoms with van der Waals surface area (Å²) in [5, 5.41) is 15.5. The van der Waals surface area contributed by atoms with Crippen LogP contribution in [0.2, 0.25) is 0 Å². The van der Waals surface area contributed by atoms with Gasteiger partial charge in [0, 0.05) is 19.6 Å². The fourth-order valence-corrected chi connectivity index (χ4v) is 2.62. The molecule has 6 heteroatoms. The Kier molecular flexibility index (Phi) is 3.75. The van der Waals surface area contributed by atoms with Gasteiger partial charge in [-0.15, -0.1) is 0 Å². The van der Waals surface area contributed by atoms with Crippen molar-refractivity contribution in [2.75, 3.05) is 13.1 Å². The number of carboxylic acid groups (broad SMARTS) is 1. The third-order valence-electron chi connectivity index (χ3n) is 2.78. The van der Waals surface area contributed by atoms with E-state index in [1.807, 2.05) is 21.7 Å². The summed E-state index contributed by atoms with van der Waals surface area (Å²) < 4.78 is 0. The first kappa shape index (κ1) is 12.1. The lowest BCUT2D eigenvalue weighted by Gasteiger charge is -2.33. The highest BCUT2D eigenvalue weighted by molar-refractivity contribution is 7.07. The molecule has 1 aromatic rings. The molecule has 1 saturated heterocycles. The molecule has 2 N–H and O–H groups in total. The third-order valence-corrected chi connectivity index (χ3v) is 3.51. The van der Waals surface area contributed by atoms with Crippen LogP contribution < -0.4 is 5.32 Å². The number of carbonyl (C=O) groups is 2. The van der Waals surface area contributed by atoms with Gasteiger partial charge in [0.2, 0.25) is 5.91 Å². The van der Waals surface area contributed by atoms with Crippen molar-refractivity contribution in [1.82, 2.24) is 10.2 Å². The monoisotopic (exact) mass is 254 g/mol. The fourth-order valence-electron chi connectivity index (χ4n) is 1.96. The van der Waals surface area contributed by atoms with Gasteiger partial charge in [-0.05, 0) is 22.4 Å². The highest BCUT2D eigenvalue weighted by Crippen LogP contribution is 2.15. The van der Waals surface area contributed by atoms with Gasteiger partial charge in [0.15, 0.2) is 0 Å². The summed E-state index contributed by atoms with van der Waals surface area (Å²) in [6, 6.07) is 1.44. The van der Waals surface area contributed by atoms with Crippen LogP contribution in [0.3, 0.4) is 0 Å². The second kappa shape index (κ2) is 5.29. The standard InChI is InChI=1S/C11H14N2O3S/c14-10(15)5-9-11(16)12-2-3-13(9)6-8-1-4-17-7-8/h1,4,7,9H,2-3,5-6H2,(H,12,16)(H,14,15). The molecule has 0 spiro atoms. The molecule has 1 unspecified atom stereocenters. The van der Waals surface area contributed by atoms with Gasteiger partial charge in [-0.3, -0.25) is 14.5 Å². The topological polar surface area (TPSA) is 69.6 Å². The lowest BCUT2D eigenvalue weighted by Crippen LogP contribution is -2.55. The first-order chi connectivity index (χ1) is 8.16. The Labute approximate surface area is 103 Å². The van der Waals surface area contributed by atoms with E-state index in [1.54, 1.807) is 11.3 Å². The lowest BCUT2D eigenvalue weighted by atomic mass is 10.1. The van der Waals surface area contributed by atoms with E-state index in [2.05, 4.69) is 5.32 Å². The molecule has 92 valence electrons. The molecular formula is C11H14N2O3S. The zero-order chi connectivity index (χ0) is 12.3. The van der Waals surface area contributed by atoms with E-state index in [9.17, 15) is 9.59 Å². The number of hydrogen-bond acceptors (Lipinski definition) is 4. The predicted molar refractivity (Wildman–Crippen MR) is 63.8 cm³/mol. The quantitative estimate of drug-likeness (QED) is 0.822. The van der Waals surface area contributed by atoms with Gasteiger partial charge < -0.3 is 10.4 Å². The SMILES string of the molecule is O=C(O)CC1C(=O)NCCN1Cc1ccsc1. The maximum absolute atomic E-state index is 11.7. The molecule has 0 saturated carbocycles. The van der Waals surface area contributed by atoms with E-state index in [1.165, 1.54) is 0 Å². The van der Waals surface area contributed by atoms with Gasteiger partial charge in [0.05, 0.1) is 6.42 Å². The molecule has 1 atom stereocenters. The Balaban J connectivity index is 2.06. The van der Waals surface area contributed by atoms with Crippen molar-refractivity contribution in [2.45, 2.75) is 19.0 Å². The first-order valence-corrected chi connectivity index (χ1v) is 6.35. The molecule has 0 bridgehead atoms. The largest absolute Gasteiger partial charge is 0.481 e. The van der Waals surface area contributed by atoms with Crippen LogP contribution in [0.1, 0.15) is 12.0 Å². The Bertz CT molecular complexity index is 405. The summed E-state index contributed by atoms with van der Waals surface area (Å²) in [5.74, 6) is -1.13. The van der Waals surface area contributed by atoms with Crippen LogP contribution in [0.4, 0.5) is 0 Å². The molecule has 0 radical (unpaired) electrons. The number of amides is 1. The van der Waals surface area contributed by atoms with E-state index in [4.69, 9.17) is 5.11 Å². The molecule has 2 rings (SSSR count). The van der Waals surface area contributed by atoms with Crippen molar-refractivity contribution in [3.05, 3.63) is 22.4 Å². The van der Waals surface area contributed by atoms with E-state index in [0.29, 0.717) is 19.6 Å². The minimum atomic E-state index is -0.942. The van der Waals surface area contributed by atoms with Gasteiger partial charge in [-0.1, -0.05) is 0 Å². The Morgan fingerprint density at radius 2 is 2.47 bits per heavy atom. The number of carboxylic acids is 1. The molecule has 5 nitrogen and oxygen atoms in total. The van der Waals surface area contributed by atoms with Gasteiger partial charge >= 0.3 is 5.97 Å². The number of thiophene rings is 1. The maximum Gasteiger partial charge on any atom is 0.305 e. The van der Waals surface area contributed by atoms with Crippen molar-refractivity contribution in [1.29, 1.82) is 0 Å². The number of piperazine rings is 1. The highest BCUT2D eigenvalue weighted by atomic mass is 32.1. The molecule has 0 aliphatic carbocycles. The second-order valence-electron chi connectivity index (χ2n) is 4.01. The number of nitrogens with one attached hydrogen (secondary N) is 1. The van der Waals surface area contributed by atoms with E-state index in [-0.39, 0.29) is 12.3 Å². The van der Waals surface area contributed by atoms with Gasteiger partial charge in [-0.25, -0.2) is 0 Å². The average molecular weight is 254 g/mol. The molecule has 1 fully saturated rings. The van der Waals surface area contributed by atoms with E-state index in [0.717, 1.165) is 5.56 Å². The number of hydrogen-bond donors (Lipinski definition) is 2. The summed E-state index contributed by atoms with van der Waals surface area (Å²) in [6.45, 7) is 1.91. The minimum absolute atomic E-state index is 0.143. The predicted octanol–water partition coefficient (Wildman–Crippen LogP) is 0.523. The maximum atomic E-state index is 11.7. The van der Waals surface area contributed by atoms with Gasteiger partial charge in [-0.2, -0.15) is 11.3 Å². The number of carbonyl (C=O) groups excluding carboxylic acids is 1. The fraction of sp³-hybridized carbons (Fsp3) is 0.455. The summed E-state index contributed by atoms with van der Waals surface area (Å²) in [5.41, 5.74) is 1.13. The Hall–Kier alpha value is -1.40. The zero-order valence-electron chi connectivity index (χ0n) is 9.26. The second-order valence-corrected chi connectivity index (χ2v) is 4.79. The summed E-state index contributed by atoms with van der Waals surface area (Å²) >= 11 is 1.60. The van der Waals surface area contributed by atoms with E-state index >= 15 is 0 Å². The number of nitrogens with zero attached hydrogens (tertiary/aromatic N) is 1. The number of aliphatic carboxylic acids is 1. The van der Waals surface area contributed by atoms with Crippen molar-refractivity contribution < 1.29 is 14.7 Å². The van der Waals surface area contributed by atoms with Crippen LogP contribution in [0.5, 0.6) is 0 Å². The van der Waals surface area contributed by atoms with Crippen LogP contribution in [-0.4, -0.2) is 41.0 Å².